The monoisotopic (exact) mass is 581 g/mol. The van der Waals surface area contributed by atoms with E-state index >= 15 is 0 Å². The summed E-state index contributed by atoms with van der Waals surface area (Å²) < 4.78 is 10.8. The van der Waals surface area contributed by atoms with Crippen molar-refractivity contribution in [3.63, 3.8) is 0 Å². The fourth-order valence-electron chi connectivity index (χ4n) is 6.08. The highest BCUT2D eigenvalue weighted by Crippen LogP contribution is 2.24. The van der Waals surface area contributed by atoms with Crippen LogP contribution >= 0.6 is 0 Å². The molecule has 4 nitrogen and oxygen atoms in total. The summed E-state index contributed by atoms with van der Waals surface area (Å²) in [5.41, 5.74) is 0. The van der Waals surface area contributed by atoms with Crippen LogP contribution in [0, 0.1) is 5.92 Å². The Kier molecular flexibility index (Phi) is 31.0. The third kappa shape index (κ3) is 27.5. The Balaban J connectivity index is 4.05. The molecule has 2 atom stereocenters. The van der Waals surface area contributed by atoms with Crippen LogP contribution in [0.1, 0.15) is 207 Å². The van der Waals surface area contributed by atoms with Crippen molar-refractivity contribution in [3.8, 4) is 0 Å². The summed E-state index contributed by atoms with van der Waals surface area (Å²) in [7, 11) is 1.45. The van der Waals surface area contributed by atoms with E-state index in [1.807, 2.05) is 0 Å². The fraction of sp³-hybridized carbons (Fsp3) is 0.946. The maximum atomic E-state index is 12.6. The Morgan fingerprint density at radius 1 is 0.463 bits per heavy atom. The maximum Gasteiger partial charge on any atom is 0.312 e. The predicted molar refractivity (Wildman–Crippen MR) is 176 cm³/mol. The number of ether oxygens (including phenoxy) is 2. The summed E-state index contributed by atoms with van der Waals surface area (Å²) in [6.07, 6.45) is 36.6. The molecular formula is C37H72O4. The molecule has 244 valence electrons. The summed E-state index contributed by atoms with van der Waals surface area (Å²) in [6.45, 7) is 6.01. The van der Waals surface area contributed by atoms with E-state index in [1.165, 1.54) is 162 Å². The molecule has 41 heavy (non-hydrogen) atoms. The maximum absolute atomic E-state index is 12.6. The van der Waals surface area contributed by atoms with Gasteiger partial charge in [0.2, 0.25) is 0 Å². The lowest BCUT2D eigenvalue weighted by Gasteiger charge is -2.25. The van der Waals surface area contributed by atoms with Crippen LogP contribution < -0.4 is 0 Å². The molecule has 0 fully saturated rings. The zero-order valence-corrected chi connectivity index (χ0v) is 28.3. The van der Waals surface area contributed by atoms with Gasteiger partial charge in [0, 0.05) is 6.92 Å². The van der Waals surface area contributed by atoms with Crippen molar-refractivity contribution in [2.45, 2.75) is 213 Å². The summed E-state index contributed by atoms with van der Waals surface area (Å²) >= 11 is 0. The molecule has 0 saturated heterocycles. The van der Waals surface area contributed by atoms with Crippen molar-refractivity contribution in [2.24, 2.45) is 5.92 Å². The molecule has 0 N–H and O–H groups in total. The number of rotatable bonds is 32. The lowest BCUT2D eigenvalue weighted by Crippen LogP contribution is -2.33. The van der Waals surface area contributed by atoms with Crippen LogP contribution in [0.3, 0.4) is 0 Å². The van der Waals surface area contributed by atoms with E-state index in [4.69, 9.17) is 9.47 Å². The molecule has 0 aliphatic heterocycles. The molecule has 0 radical (unpaired) electrons. The molecule has 0 rings (SSSR count). The standard InChI is InChI=1S/C37H72O4/c1-5-7-9-11-13-15-17-19-21-22-24-26-28-30-32-35(37(39)40-4)36(41-34(3)38)33-31-29-27-25-23-20-18-16-14-12-10-8-6-2/h35-36H,5-33H2,1-4H3/t35-,36-/m0/s1. The van der Waals surface area contributed by atoms with Gasteiger partial charge in [0.05, 0.1) is 13.0 Å². The molecule has 0 bridgehead atoms. The number of hydrogen-bond acceptors (Lipinski definition) is 4. The molecule has 0 unspecified atom stereocenters. The van der Waals surface area contributed by atoms with Crippen molar-refractivity contribution in [3.05, 3.63) is 0 Å². The second kappa shape index (κ2) is 31.9. The molecular weight excluding hydrogens is 508 g/mol. The van der Waals surface area contributed by atoms with Crippen LogP contribution in [0.2, 0.25) is 0 Å². The summed E-state index contributed by atoms with van der Waals surface area (Å²) in [5.74, 6) is -0.848. The Morgan fingerprint density at radius 3 is 1.05 bits per heavy atom. The van der Waals surface area contributed by atoms with Crippen molar-refractivity contribution in [1.29, 1.82) is 0 Å². The normalized spacial score (nSPS) is 12.8. The molecule has 0 aromatic carbocycles. The molecule has 0 aromatic heterocycles. The topological polar surface area (TPSA) is 52.6 Å². The van der Waals surface area contributed by atoms with E-state index in [0.29, 0.717) is 0 Å². The predicted octanol–water partition coefficient (Wildman–Crippen LogP) is 12.1. The Morgan fingerprint density at radius 2 is 0.756 bits per heavy atom. The Bertz CT molecular complexity index is 561. The molecule has 0 aromatic rings. The molecule has 0 aliphatic carbocycles. The van der Waals surface area contributed by atoms with Gasteiger partial charge in [0.1, 0.15) is 6.10 Å². The lowest BCUT2D eigenvalue weighted by molar-refractivity contribution is -0.160. The third-order valence-electron chi connectivity index (χ3n) is 8.73. The quantitative estimate of drug-likeness (QED) is 0.0586. The third-order valence-corrected chi connectivity index (χ3v) is 8.73. The largest absolute Gasteiger partial charge is 0.469 e. The zero-order chi connectivity index (χ0) is 30.2. The van der Waals surface area contributed by atoms with Crippen LogP contribution in [0.15, 0.2) is 0 Å². The van der Waals surface area contributed by atoms with Gasteiger partial charge in [-0.05, 0) is 19.3 Å². The minimum atomic E-state index is -0.352. The van der Waals surface area contributed by atoms with Gasteiger partial charge in [-0.15, -0.1) is 0 Å². The minimum absolute atomic E-state index is 0.222. The van der Waals surface area contributed by atoms with Crippen molar-refractivity contribution < 1.29 is 19.1 Å². The summed E-state index contributed by atoms with van der Waals surface area (Å²) in [4.78, 5) is 24.5. The molecule has 0 heterocycles. The average molecular weight is 581 g/mol. The van der Waals surface area contributed by atoms with Gasteiger partial charge in [-0.2, -0.15) is 0 Å². The van der Waals surface area contributed by atoms with E-state index in [-0.39, 0.29) is 24.0 Å². The van der Waals surface area contributed by atoms with Crippen LogP contribution in [0.5, 0.6) is 0 Å². The highest BCUT2D eigenvalue weighted by atomic mass is 16.6. The lowest BCUT2D eigenvalue weighted by atomic mass is 9.91. The highest BCUT2D eigenvalue weighted by Gasteiger charge is 2.30. The smallest absolute Gasteiger partial charge is 0.312 e. The summed E-state index contributed by atoms with van der Waals surface area (Å²) in [6, 6.07) is 0. The van der Waals surface area contributed by atoms with E-state index in [2.05, 4.69) is 13.8 Å². The average Bonchev–Trinajstić information content (AvgIpc) is 2.96. The van der Waals surface area contributed by atoms with Crippen LogP contribution in [-0.2, 0) is 19.1 Å². The van der Waals surface area contributed by atoms with E-state index in [9.17, 15) is 9.59 Å². The van der Waals surface area contributed by atoms with E-state index in [1.54, 1.807) is 0 Å². The van der Waals surface area contributed by atoms with E-state index < -0.39 is 0 Å². The first-order valence-electron chi connectivity index (χ1n) is 18.3. The number of unbranched alkanes of at least 4 members (excludes halogenated alkanes) is 25. The fourth-order valence-corrected chi connectivity index (χ4v) is 6.08. The van der Waals surface area contributed by atoms with Crippen LogP contribution in [0.25, 0.3) is 0 Å². The van der Waals surface area contributed by atoms with Gasteiger partial charge in [-0.3, -0.25) is 9.59 Å². The number of methoxy groups -OCH3 is 1. The van der Waals surface area contributed by atoms with Gasteiger partial charge in [0.25, 0.3) is 0 Å². The summed E-state index contributed by atoms with van der Waals surface area (Å²) in [5, 5.41) is 0. The van der Waals surface area contributed by atoms with Gasteiger partial charge < -0.3 is 9.47 Å². The molecule has 0 aliphatic rings. The van der Waals surface area contributed by atoms with Crippen LogP contribution in [-0.4, -0.2) is 25.2 Å². The number of carbonyl (C=O) groups excluding carboxylic acids is 2. The molecule has 4 heteroatoms. The second-order valence-electron chi connectivity index (χ2n) is 12.7. The molecule has 0 saturated carbocycles. The molecule has 0 amide bonds. The molecule has 0 spiro atoms. The second-order valence-corrected chi connectivity index (χ2v) is 12.7. The first kappa shape index (κ1) is 39.9. The first-order chi connectivity index (χ1) is 20.1. The zero-order valence-electron chi connectivity index (χ0n) is 28.3. The van der Waals surface area contributed by atoms with Crippen molar-refractivity contribution in [1.82, 2.24) is 0 Å². The van der Waals surface area contributed by atoms with Crippen molar-refractivity contribution in [2.75, 3.05) is 7.11 Å². The van der Waals surface area contributed by atoms with Crippen LogP contribution in [0.4, 0.5) is 0 Å². The van der Waals surface area contributed by atoms with Gasteiger partial charge in [-0.1, -0.05) is 181 Å². The Hall–Kier alpha value is -1.06. The number of hydrogen-bond donors (Lipinski definition) is 0. The SMILES string of the molecule is CCCCCCCCCCCCCCCC[C@H](C(=O)OC)[C@H](CCCCCCCCCCCCCCC)OC(C)=O. The Labute approximate surface area is 256 Å². The number of esters is 2. The van der Waals surface area contributed by atoms with Gasteiger partial charge >= 0.3 is 11.9 Å². The van der Waals surface area contributed by atoms with Gasteiger partial charge in [0.15, 0.2) is 0 Å². The van der Waals surface area contributed by atoms with Gasteiger partial charge in [-0.25, -0.2) is 0 Å². The number of carbonyl (C=O) groups is 2. The first-order valence-corrected chi connectivity index (χ1v) is 18.3. The highest BCUT2D eigenvalue weighted by molar-refractivity contribution is 5.74. The minimum Gasteiger partial charge on any atom is -0.469 e. The van der Waals surface area contributed by atoms with Crippen molar-refractivity contribution >= 4 is 11.9 Å². The van der Waals surface area contributed by atoms with E-state index in [0.717, 1.165) is 38.5 Å².